The highest BCUT2D eigenvalue weighted by atomic mass is 127. The maximum absolute atomic E-state index is 12.1. The number of rotatable bonds is 8. The van der Waals surface area contributed by atoms with Crippen LogP contribution in [0.5, 0.6) is 0 Å². The van der Waals surface area contributed by atoms with Crippen LogP contribution >= 0.6 is 24.0 Å². The minimum Gasteiger partial charge on any atom is -0.356 e. The van der Waals surface area contributed by atoms with Gasteiger partial charge < -0.3 is 20.1 Å². The van der Waals surface area contributed by atoms with Gasteiger partial charge in [0.1, 0.15) is 5.82 Å². The Hall–Kier alpha value is -2.10. The van der Waals surface area contributed by atoms with Gasteiger partial charge in [0.15, 0.2) is 5.96 Å². The summed E-state index contributed by atoms with van der Waals surface area (Å²) in [6.45, 7) is 6.68. The number of nitrogens with zero attached hydrogens (tertiary/aromatic N) is 4. The molecular weight excluding hydrogens is 479 g/mol. The van der Waals surface area contributed by atoms with Crippen LogP contribution in [0.1, 0.15) is 35.6 Å². The first-order valence-corrected chi connectivity index (χ1v) is 9.65. The molecule has 29 heavy (non-hydrogen) atoms. The number of carbonyl (C=O) groups is 1. The van der Waals surface area contributed by atoms with Gasteiger partial charge in [0.05, 0.1) is 6.54 Å². The first kappa shape index (κ1) is 24.9. The van der Waals surface area contributed by atoms with E-state index in [2.05, 4.69) is 39.0 Å². The number of halogens is 1. The minimum atomic E-state index is 0. The molecule has 8 heteroatoms. The lowest BCUT2D eigenvalue weighted by Gasteiger charge is -2.14. The van der Waals surface area contributed by atoms with Gasteiger partial charge in [-0.05, 0) is 30.0 Å². The van der Waals surface area contributed by atoms with Crippen LogP contribution in [0.25, 0.3) is 0 Å². The van der Waals surface area contributed by atoms with Crippen molar-refractivity contribution in [2.45, 2.75) is 33.4 Å². The van der Waals surface area contributed by atoms with Crippen molar-refractivity contribution in [3.8, 4) is 0 Å². The molecule has 1 heterocycles. The van der Waals surface area contributed by atoms with Crippen molar-refractivity contribution in [2.75, 3.05) is 27.7 Å². The number of aliphatic imine (C=N–C) groups is 1. The van der Waals surface area contributed by atoms with Gasteiger partial charge in [-0.3, -0.25) is 9.79 Å². The summed E-state index contributed by atoms with van der Waals surface area (Å²) in [6.07, 6.45) is 4.64. The van der Waals surface area contributed by atoms with Gasteiger partial charge in [0, 0.05) is 52.2 Å². The quantitative estimate of drug-likeness (QED) is 0.324. The maximum atomic E-state index is 12.1. The Bertz CT molecular complexity index is 800. The third kappa shape index (κ3) is 8.04. The lowest BCUT2D eigenvalue weighted by Crippen LogP contribution is -2.38. The summed E-state index contributed by atoms with van der Waals surface area (Å²) in [4.78, 5) is 22.4. The number of nitrogens with one attached hydrogen (secondary N) is 2. The van der Waals surface area contributed by atoms with Crippen LogP contribution in [0.4, 0.5) is 0 Å². The second kappa shape index (κ2) is 12.5. The molecule has 0 spiro atoms. The summed E-state index contributed by atoms with van der Waals surface area (Å²) in [6, 6.07) is 7.75. The Morgan fingerprint density at radius 2 is 2.03 bits per heavy atom. The summed E-state index contributed by atoms with van der Waals surface area (Å²) < 4.78 is 2.16. The predicted octanol–water partition coefficient (Wildman–Crippen LogP) is 2.77. The molecule has 0 aliphatic heterocycles. The van der Waals surface area contributed by atoms with Crippen molar-refractivity contribution in [1.82, 2.24) is 25.1 Å². The number of aromatic nitrogens is 2. The molecule has 160 valence electrons. The Balaban J connectivity index is 0.00000420. The number of imidazole rings is 1. The molecule has 0 aliphatic carbocycles. The first-order chi connectivity index (χ1) is 13.4. The Kier molecular flexibility index (Phi) is 10.7. The number of carbonyl (C=O) groups excluding carboxylic acids is 1. The highest BCUT2D eigenvalue weighted by molar-refractivity contribution is 14.0. The minimum absolute atomic E-state index is 0. The average Bonchev–Trinajstić information content (AvgIpc) is 3.10. The zero-order valence-electron chi connectivity index (χ0n) is 18.0. The fourth-order valence-corrected chi connectivity index (χ4v) is 2.89. The summed E-state index contributed by atoms with van der Waals surface area (Å²) in [5.74, 6) is 2.32. The molecule has 2 aromatic rings. The van der Waals surface area contributed by atoms with Gasteiger partial charge in [-0.15, -0.1) is 24.0 Å². The highest BCUT2D eigenvalue weighted by Crippen LogP contribution is 2.08. The van der Waals surface area contributed by atoms with Crippen molar-refractivity contribution >= 4 is 35.8 Å². The van der Waals surface area contributed by atoms with E-state index < -0.39 is 0 Å². The average molecular weight is 512 g/mol. The number of hydrogen-bond acceptors (Lipinski definition) is 3. The summed E-state index contributed by atoms with van der Waals surface area (Å²) in [5.41, 5.74) is 1.82. The SMILES string of the molecule is CN=C(NCCc1cccc(C(=O)N(C)C)c1)NCc1nccn1CC(C)C.I. The second-order valence-corrected chi connectivity index (χ2v) is 7.39. The van der Waals surface area contributed by atoms with E-state index in [0.717, 1.165) is 36.9 Å². The van der Waals surface area contributed by atoms with Crippen molar-refractivity contribution in [3.63, 3.8) is 0 Å². The van der Waals surface area contributed by atoms with Crippen molar-refractivity contribution in [1.29, 1.82) is 0 Å². The normalized spacial score (nSPS) is 11.2. The molecule has 0 radical (unpaired) electrons. The number of hydrogen-bond donors (Lipinski definition) is 2. The molecule has 1 aromatic heterocycles. The second-order valence-electron chi connectivity index (χ2n) is 7.39. The lowest BCUT2D eigenvalue weighted by molar-refractivity contribution is 0.0827. The standard InChI is InChI=1S/C21H32N6O.HI/c1-16(2)15-27-12-11-23-19(27)14-25-21(22-3)24-10-9-17-7-6-8-18(13-17)20(28)26(4)5;/h6-8,11-13,16H,9-10,14-15H2,1-5H3,(H2,22,24,25);1H. The van der Waals surface area contributed by atoms with Crippen LogP contribution in [0, 0.1) is 5.92 Å². The molecule has 1 aromatic carbocycles. The van der Waals surface area contributed by atoms with E-state index in [1.807, 2.05) is 36.7 Å². The van der Waals surface area contributed by atoms with E-state index in [1.54, 1.807) is 26.0 Å². The van der Waals surface area contributed by atoms with Gasteiger partial charge >= 0.3 is 0 Å². The zero-order chi connectivity index (χ0) is 20.5. The molecule has 7 nitrogen and oxygen atoms in total. The molecule has 0 saturated carbocycles. The Labute approximate surface area is 191 Å². The smallest absolute Gasteiger partial charge is 0.253 e. The third-order valence-corrected chi connectivity index (χ3v) is 4.29. The van der Waals surface area contributed by atoms with E-state index in [-0.39, 0.29) is 29.9 Å². The van der Waals surface area contributed by atoms with Gasteiger partial charge in [-0.1, -0.05) is 26.0 Å². The van der Waals surface area contributed by atoms with E-state index in [9.17, 15) is 4.79 Å². The Morgan fingerprint density at radius 1 is 1.28 bits per heavy atom. The largest absolute Gasteiger partial charge is 0.356 e. The van der Waals surface area contributed by atoms with Gasteiger partial charge in [-0.2, -0.15) is 0 Å². The lowest BCUT2D eigenvalue weighted by atomic mass is 10.1. The summed E-state index contributed by atoms with van der Waals surface area (Å²) in [5, 5.41) is 6.63. The van der Waals surface area contributed by atoms with Crippen LogP contribution in [-0.2, 0) is 19.5 Å². The fourth-order valence-electron chi connectivity index (χ4n) is 2.89. The number of benzene rings is 1. The van der Waals surface area contributed by atoms with Crippen molar-refractivity contribution in [2.24, 2.45) is 10.9 Å². The van der Waals surface area contributed by atoms with Crippen LogP contribution in [-0.4, -0.2) is 54.0 Å². The predicted molar refractivity (Wildman–Crippen MR) is 129 cm³/mol. The van der Waals surface area contributed by atoms with Crippen molar-refractivity contribution in [3.05, 3.63) is 53.6 Å². The van der Waals surface area contributed by atoms with Gasteiger partial charge in [-0.25, -0.2) is 4.98 Å². The molecule has 0 saturated heterocycles. The molecule has 2 rings (SSSR count). The van der Waals surface area contributed by atoms with Gasteiger partial charge in [0.2, 0.25) is 0 Å². The summed E-state index contributed by atoms with van der Waals surface area (Å²) in [7, 11) is 5.28. The molecule has 2 N–H and O–H groups in total. The highest BCUT2D eigenvalue weighted by Gasteiger charge is 2.09. The topological polar surface area (TPSA) is 74.6 Å². The molecule has 0 aliphatic rings. The first-order valence-electron chi connectivity index (χ1n) is 9.65. The maximum Gasteiger partial charge on any atom is 0.253 e. The monoisotopic (exact) mass is 512 g/mol. The van der Waals surface area contributed by atoms with Crippen LogP contribution in [0.15, 0.2) is 41.7 Å². The molecule has 1 amide bonds. The molecular formula is C21H33IN6O. The number of amides is 1. The van der Waals surface area contributed by atoms with Gasteiger partial charge in [0.25, 0.3) is 5.91 Å². The summed E-state index contributed by atoms with van der Waals surface area (Å²) >= 11 is 0. The number of guanidine groups is 1. The molecule has 0 unspecified atom stereocenters. The zero-order valence-corrected chi connectivity index (χ0v) is 20.3. The fraction of sp³-hybridized carbons (Fsp3) is 0.476. The molecule has 0 atom stereocenters. The van der Waals surface area contributed by atoms with Crippen LogP contribution in [0.2, 0.25) is 0 Å². The van der Waals surface area contributed by atoms with E-state index >= 15 is 0 Å². The van der Waals surface area contributed by atoms with Crippen LogP contribution in [0.3, 0.4) is 0 Å². The molecule has 0 fully saturated rings. The van der Waals surface area contributed by atoms with E-state index in [0.29, 0.717) is 18.0 Å². The van der Waals surface area contributed by atoms with E-state index in [1.165, 1.54) is 0 Å². The molecule has 0 bridgehead atoms. The van der Waals surface area contributed by atoms with Crippen LogP contribution < -0.4 is 10.6 Å². The van der Waals surface area contributed by atoms with Crippen molar-refractivity contribution < 1.29 is 4.79 Å². The Morgan fingerprint density at radius 3 is 2.69 bits per heavy atom. The van der Waals surface area contributed by atoms with E-state index in [4.69, 9.17) is 0 Å². The third-order valence-electron chi connectivity index (χ3n) is 4.29.